The van der Waals surface area contributed by atoms with Crippen LogP contribution in [0.15, 0.2) is 176 Å². The van der Waals surface area contributed by atoms with E-state index in [4.69, 9.17) is 0 Å². The van der Waals surface area contributed by atoms with E-state index in [0.29, 0.717) is 0 Å². The average Bonchev–Trinajstić information content (AvgIpc) is 3.91. The molecule has 0 radical (unpaired) electrons. The van der Waals surface area contributed by atoms with E-state index in [-0.39, 0.29) is 5.41 Å². The summed E-state index contributed by atoms with van der Waals surface area (Å²) in [6.07, 6.45) is 0. The van der Waals surface area contributed by atoms with Crippen LogP contribution in [0, 0.1) is 0 Å². The molecule has 8 aromatic carbocycles. The van der Waals surface area contributed by atoms with Gasteiger partial charge in [0.25, 0.3) is 0 Å². The molecular weight excluding hydrogens is 655 g/mol. The first-order valence-corrected chi connectivity index (χ1v) is 18.9. The Bertz CT molecular complexity index is 3350. The molecule has 0 amide bonds. The SMILES string of the molecule is CC1(C)c2ccccc2-c2ccc(-n3c4ccccc4c4cc(-n5c6ccccc6c6c5ccc5c7ccccc7n(-c7ccccc7)c56)ccc43)cc21. The Hall–Kier alpha value is -6.84. The zero-order valence-electron chi connectivity index (χ0n) is 30.1. The number of hydrogen-bond acceptors (Lipinski definition) is 0. The molecule has 0 saturated carbocycles. The molecule has 0 saturated heterocycles. The number of benzene rings is 8. The van der Waals surface area contributed by atoms with Crippen LogP contribution < -0.4 is 0 Å². The van der Waals surface area contributed by atoms with Gasteiger partial charge >= 0.3 is 0 Å². The third kappa shape index (κ3) is 3.80. The fraction of sp³-hybridized carbons (Fsp3) is 0.0588. The molecule has 0 fully saturated rings. The molecular formula is C51H35N3. The van der Waals surface area contributed by atoms with Crippen molar-refractivity contribution in [2.45, 2.75) is 19.3 Å². The molecule has 1 aliphatic rings. The number of para-hydroxylation sites is 4. The third-order valence-electron chi connectivity index (χ3n) is 12.2. The fourth-order valence-electron chi connectivity index (χ4n) is 9.84. The second-order valence-electron chi connectivity index (χ2n) is 15.4. The highest BCUT2D eigenvalue weighted by atomic mass is 15.0. The van der Waals surface area contributed by atoms with Gasteiger partial charge in [0.2, 0.25) is 0 Å². The van der Waals surface area contributed by atoms with E-state index in [1.807, 2.05) is 0 Å². The van der Waals surface area contributed by atoms with Gasteiger partial charge in [0.15, 0.2) is 0 Å². The summed E-state index contributed by atoms with van der Waals surface area (Å²) >= 11 is 0. The quantitative estimate of drug-likeness (QED) is 0.175. The molecule has 54 heavy (non-hydrogen) atoms. The molecule has 3 heterocycles. The third-order valence-corrected chi connectivity index (χ3v) is 12.2. The van der Waals surface area contributed by atoms with Gasteiger partial charge in [-0.25, -0.2) is 0 Å². The first kappa shape index (κ1) is 29.7. The van der Waals surface area contributed by atoms with Gasteiger partial charge < -0.3 is 13.7 Å². The standard InChI is InChI=1S/C51H35N3/c1-51(2)42-20-10-6-16-35(42)36-26-24-34(31-43(36)51)52-44-21-11-8-18-38(44)41-30-33(25-28-47(41)52)53-46-23-13-9-19-40(46)49-48(53)29-27-39-37-17-7-12-22-45(37)54(50(39)49)32-14-4-3-5-15-32/h3-31H,1-2H3. The smallest absolute Gasteiger partial charge is 0.0641 e. The molecule has 0 bridgehead atoms. The Morgan fingerprint density at radius 1 is 0.333 bits per heavy atom. The van der Waals surface area contributed by atoms with Crippen molar-refractivity contribution in [2.75, 3.05) is 0 Å². The summed E-state index contributed by atoms with van der Waals surface area (Å²) in [6.45, 7) is 4.72. The lowest BCUT2D eigenvalue weighted by molar-refractivity contribution is 0.660. The molecule has 0 N–H and O–H groups in total. The van der Waals surface area contributed by atoms with E-state index in [9.17, 15) is 0 Å². The largest absolute Gasteiger partial charge is 0.309 e. The van der Waals surface area contributed by atoms with E-state index < -0.39 is 0 Å². The van der Waals surface area contributed by atoms with Crippen molar-refractivity contribution in [3.05, 3.63) is 187 Å². The summed E-state index contributed by atoms with van der Waals surface area (Å²) in [6, 6.07) is 65.0. The first-order chi connectivity index (χ1) is 26.6. The molecule has 12 rings (SSSR count). The Morgan fingerprint density at radius 3 is 1.67 bits per heavy atom. The van der Waals surface area contributed by atoms with Gasteiger partial charge in [-0.1, -0.05) is 123 Å². The van der Waals surface area contributed by atoms with Gasteiger partial charge in [0.1, 0.15) is 0 Å². The molecule has 11 aromatic rings. The second kappa shape index (κ2) is 10.6. The summed E-state index contributed by atoms with van der Waals surface area (Å²) < 4.78 is 7.39. The van der Waals surface area contributed by atoms with Crippen LogP contribution in [0.4, 0.5) is 0 Å². The van der Waals surface area contributed by atoms with Crippen molar-refractivity contribution in [3.63, 3.8) is 0 Å². The molecule has 3 aromatic heterocycles. The number of rotatable bonds is 3. The first-order valence-electron chi connectivity index (χ1n) is 18.9. The maximum atomic E-state index is 2.47. The highest BCUT2D eigenvalue weighted by Gasteiger charge is 2.35. The van der Waals surface area contributed by atoms with Crippen molar-refractivity contribution in [2.24, 2.45) is 0 Å². The number of fused-ring (bicyclic) bond motifs is 13. The Morgan fingerprint density at radius 2 is 0.870 bits per heavy atom. The molecule has 0 aliphatic heterocycles. The monoisotopic (exact) mass is 689 g/mol. The van der Waals surface area contributed by atoms with Crippen LogP contribution in [-0.2, 0) is 5.41 Å². The highest BCUT2D eigenvalue weighted by Crippen LogP contribution is 2.50. The van der Waals surface area contributed by atoms with Crippen LogP contribution in [0.25, 0.3) is 93.6 Å². The van der Waals surface area contributed by atoms with Crippen LogP contribution in [-0.4, -0.2) is 13.7 Å². The predicted molar refractivity (Wildman–Crippen MR) is 227 cm³/mol. The lowest BCUT2D eigenvalue weighted by Crippen LogP contribution is -2.15. The minimum absolute atomic E-state index is 0.0674. The van der Waals surface area contributed by atoms with E-state index in [0.717, 1.165) is 5.69 Å². The minimum atomic E-state index is -0.0674. The number of hydrogen-bond donors (Lipinski definition) is 0. The van der Waals surface area contributed by atoms with E-state index in [1.54, 1.807) is 0 Å². The van der Waals surface area contributed by atoms with Crippen LogP contribution in [0.2, 0.25) is 0 Å². The maximum Gasteiger partial charge on any atom is 0.0641 e. The average molecular weight is 690 g/mol. The zero-order valence-corrected chi connectivity index (χ0v) is 30.1. The molecule has 3 nitrogen and oxygen atoms in total. The van der Waals surface area contributed by atoms with Gasteiger partial charge in [0.05, 0.1) is 33.1 Å². The van der Waals surface area contributed by atoms with E-state index >= 15 is 0 Å². The van der Waals surface area contributed by atoms with Crippen molar-refractivity contribution < 1.29 is 0 Å². The van der Waals surface area contributed by atoms with Gasteiger partial charge in [-0.2, -0.15) is 0 Å². The Balaban J connectivity index is 1.12. The maximum absolute atomic E-state index is 2.47. The van der Waals surface area contributed by atoms with Gasteiger partial charge in [-0.3, -0.25) is 0 Å². The summed E-state index contributed by atoms with van der Waals surface area (Å²) in [5, 5.41) is 7.56. The summed E-state index contributed by atoms with van der Waals surface area (Å²) in [5.41, 5.74) is 16.2. The van der Waals surface area contributed by atoms with Crippen LogP contribution in [0.5, 0.6) is 0 Å². The topological polar surface area (TPSA) is 14.8 Å². The van der Waals surface area contributed by atoms with Crippen molar-refractivity contribution >= 4 is 65.4 Å². The molecule has 0 atom stereocenters. The lowest BCUT2D eigenvalue weighted by atomic mass is 9.82. The van der Waals surface area contributed by atoms with E-state index in [2.05, 4.69) is 203 Å². The molecule has 0 unspecified atom stereocenters. The summed E-state index contributed by atoms with van der Waals surface area (Å²) in [4.78, 5) is 0. The van der Waals surface area contributed by atoms with Crippen molar-refractivity contribution in [1.29, 1.82) is 0 Å². The molecule has 1 aliphatic carbocycles. The van der Waals surface area contributed by atoms with Crippen LogP contribution in [0.1, 0.15) is 25.0 Å². The van der Waals surface area contributed by atoms with E-state index in [1.165, 1.54) is 99.0 Å². The second-order valence-corrected chi connectivity index (χ2v) is 15.4. The van der Waals surface area contributed by atoms with Gasteiger partial charge in [-0.15, -0.1) is 0 Å². The number of nitrogens with zero attached hydrogens (tertiary/aromatic N) is 3. The van der Waals surface area contributed by atoms with Crippen LogP contribution in [0.3, 0.4) is 0 Å². The van der Waals surface area contributed by atoms with Crippen LogP contribution >= 0.6 is 0 Å². The Kier molecular flexibility index (Phi) is 5.84. The summed E-state index contributed by atoms with van der Waals surface area (Å²) in [7, 11) is 0. The van der Waals surface area contributed by atoms with Gasteiger partial charge in [0, 0.05) is 54.8 Å². The predicted octanol–water partition coefficient (Wildman–Crippen LogP) is 13.3. The molecule has 3 heteroatoms. The highest BCUT2D eigenvalue weighted by molar-refractivity contribution is 6.26. The lowest BCUT2D eigenvalue weighted by Gasteiger charge is -2.22. The fourth-order valence-corrected chi connectivity index (χ4v) is 9.84. The van der Waals surface area contributed by atoms with Crippen molar-refractivity contribution in [3.8, 4) is 28.2 Å². The van der Waals surface area contributed by atoms with Crippen molar-refractivity contribution in [1.82, 2.24) is 13.7 Å². The minimum Gasteiger partial charge on any atom is -0.309 e. The molecule has 0 spiro atoms. The molecule has 254 valence electrons. The number of aromatic nitrogens is 3. The summed E-state index contributed by atoms with van der Waals surface area (Å²) in [5.74, 6) is 0. The zero-order chi connectivity index (χ0) is 35.7. The normalized spacial score (nSPS) is 13.5. The van der Waals surface area contributed by atoms with Gasteiger partial charge in [-0.05, 0) is 89.0 Å². The Labute approximate surface area is 312 Å².